The largest absolute Gasteiger partial charge is 0.399 e. The first-order valence-corrected chi connectivity index (χ1v) is 6.87. The summed E-state index contributed by atoms with van der Waals surface area (Å²) in [5, 5.41) is 3.46. The van der Waals surface area contributed by atoms with Gasteiger partial charge in [-0.05, 0) is 50.3 Å². The minimum Gasteiger partial charge on any atom is -0.399 e. The van der Waals surface area contributed by atoms with Gasteiger partial charge in [-0.1, -0.05) is 19.9 Å². The van der Waals surface area contributed by atoms with Gasteiger partial charge in [-0.2, -0.15) is 0 Å². The average Bonchev–Trinajstić information content (AvgIpc) is 2.30. The van der Waals surface area contributed by atoms with E-state index in [1.807, 2.05) is 19.9 Å². The number of halogens is 1. The first-order valence-electron chi connectivity index (χ1n) is 6.87. The van der Waals surface area contributed by atoms with Crippen molar-refractivity contribution in [2.45, 2.75) is 58.5 Å². The van der Waals surface area contributed by atoms with Gasteiger partial charge >= 0.3 is 0 Å². The number of piperidine rings is 1. The third-order valence-corrected chi connectivity index (χ3v) is 3.31. The molecular weight excluding hydrogens is 227 g/mol. The molecule has 1 aliphatic rings. The fraction of sp³-hybridized carbons (Fsp3) is 0.600. The highest BCUT2D eigenvalue weighted by atomic mass is 19.1. The number of anilines is 1. The van der Waals surface area contributed by atoms with E-state index < -0.39 is 0 Å². The van der Waals surface area contributed by atoms with Gasteiger partial charge in [0.15, 0.2) is 0 Å². The molecule has 0 amide bonds. The second kappa shape index (κ2) is 6.74. The van der Waals surface area contributed by atoms with Gasteiger partial charge in [-0.3, -0.25) is 0 Å². The Morgan fingerprint density at radius 1 is 1.17 bits per heavy atom. The maximum atomic E-state index is 13.8. The SMILES string of the molecule is CC.CC1CC(c2ccc(N)cc2F)CC(C)N1. The Morgan fingerprint density at radius 3 is 2.22 bits per heavy atom. The molecule has 102 valence electrons. The predicted molar refractivity (Wildman–Crippen MR) is 76.2 cm³/mol. The summed E-state index contributed by atoms with van der Waals surface area (Å²) in [6, 6.07) is 5.94. The Balaban J connectivity index is 0.000000771. The van der Waals surface area contributed by atoms with Crippen molar-refractivity contribution >= 4 is 5.69 Å². The molecule has 0 saturated carbocycles. The fourth-order valence-electron chi connectivity index (χ4n) is 2.70. The molecule has 2 atom stereocenters. The molecule has 1 fully saturated rings. The molecule has 2 unspecified atom stereocenters. The number of hydrogen-bond donors (Lipinski definition) is 2. The molecule has 18 heavy (non-hydrogen) atoms. The van der Waals surface area contributed by atoms with Gasteiger partial charge in [0.1, 0.15) is 5.82 Å². The lowest BCUT2D eigenvalue weighted by Crippen LogP contribution is -2.41. The first-order chi connectivity index (χ1) is 8.56. The molecule has 3 N–H and O–H groups in total. The van der Waals surface area contributed by atoms with Crippen LogP contribution in [-0.2, 0) is 0 Å². The Bertz CT molecular complexity index is 369. The van der Waals surface area contributed by atoms with Crippen LogP contribution in [0, 0.1) is 5.82 Å². The highest BCUT2D eigenvalue weighted by molar-refractivity contribution is 5.41. The maximum absolute atomic E-state index is 13.8. The van der Waals surface area contributed by atoms with Crippen molar-refractivity contribution in [3.05, 3.63) is 29.6 Å². The Morgan fingerprint density at radius 2 is 1.72 bits per heavy atom. The van der Waals surface area contributed by atoms with Crippen LogP contribution < -0.4 is 11.1 Å². The van der Waals surface area contributed by atoms with Crippen LogP contribution in [0.3, 0.4) is 0 Å². The molecule has 0 aromatic heterocycles. The predicted octanol–water partition coefficient (Wildman–Crippen LogP) is 3.68. The number of hydrogen-bond acceptors (Lipinski definition) is 2. The normalized spacial score (nSPS) is 27.3. The quantitative estimate of drug-likeness (QED) is 0.748. The maximum Gasteiger partial charge on any atom is 0.128 e. The van der Waals surface area contributed by atoms with Crippen LogP contribution in [0.4, 0.5) is 10.1 Å². The van der Waals surface area contributed by atoms with Crippen LogP contribution in [0.5, 0.6) is 0 Å². The number of benzene rings is 1. The van der Waals surface area contributed by atoms with E-state index in [4.69, 9.17) is 5.73 Å². The standard InChI is InChI=1S/C13H19FN2.C2H6/c1-8-5-10(6-9(2)16-8)12-4-3-11(15)7-13(12)14;1-2/h3-4,7-10,16H,5-6,15H2,1-2H3;1-2H3. The van der Waals surface area contributed by atoms with Crippen molar-refractivity contribution in [3.63, 3.8) is 0 Å². The molecular formula is C15H25FN2. The van der Waals surface area contributed by atoms with E-state index in [0.29, 0.717) is 23.7 Å². The van der Waals surface area contributed by atoms with Crippen LogP contribution >= 0.6 is 0 Å². The zero-order valence-electron chi connectivity index (χ0n) is 11.8. The molecule has 0 bridgehead atoms. The highest BCUT2D eigenvalue weighted by Gasteiger charge is 2.26. The smallest absolute Gasteiger partial charge is 0.128 e. The Hall–Kier alpha value is -1.09. The van der Waals surface area contributed by atoms with E-state index in [1.165, 1.54) is 6.07 Å². The second-order valence-corrected chi connectivity index (χ2v) is 4.92. The number of rotatable bonds is 1. The lowest BCUT2D eigenvalue weighted by atomic mass is 9.83. The summed E-state index contributed by atoms with van der Waals surface area (Å²) in [6.45, 7) is 8.30. The van der Waals surface area contributed by atoms with E-state index in [1.54, 1.807) is 6.07 Å². The topological polar surface area (TPSA) is 38.0 Å². The molecule has 2 rings (SSSR count). The van der Waals surface area contributed by atoms with Crippen LogP contribution in [0.1, 0.15) is 52.0 Å². The Kier molecular flexibility index (Phi) is 5.60. The van der Waals surface area contributed by atoms with Gasteiger partial charge in [-0.25, -0.2) is 4.39 Å². The third kappa shape index (κ3) is 3.70. The summed E-state index contributed by atoms with van der Waals surface area (Å²) in [4.78, 5) is 0. The van der Waals surface area contributed by atoms with E-state index >= 15 is 0 Å². The highest BCUT2D eigenvalue weighted by Crippen LogP contribution is 2.32. The fourth-order valence-corrected chi connectivity index (χ4v) is 2.70. The minimum absolute atomic E-state index is 0.161. The molecule has 1 aromatic rings. The summed E-state index contributed by atoms with van der Waals surface area (Å²) < 4.78 is 13.8. The number of nitrogen functional groups attached to an aromatic ring is 1. The van der Waals surface area contributed by atoms with E-state index in [0.717, 1.165) is 18.4 Å². The van der Waals surface area contributed by atoms with E-state index in [9.17, 15) is 4.39 Å². The summed E-state index contributed by atoms with van der Waals surface area (Å²) in [5.74, 6) is 0.151. The summed E-state index contributed by atoms with van der Waals surface area (Å²) >= 11 is 0. The molecule has 3 heteroatoms. The molecule has 1 saturated heterocycles. The lowest BCUT2D eigenvalue weighted by molar-refractivity contribution is 0.312. The van der Waals surface area contributed by atoms with Gasteiger partial charge in [0.2, 0.25) is 0 Å². The van der Waals surface area contributed by atoms with Crippen molar-refractivity contribution in [3.8, 4) is 0 Å². The van der Waals surface area contributed by atoms with Crippen LogP contribution in [0.25, 0.3) is 0 Å². The average molecular weight is 252 g/mol. The molecule has 1 aliphatic heterocycles. The summed E-state index contributed by atoms with van der Waals surface area (Å²) in [7, 11) is 0. The second-order valence-electron chi connectivity index (χ2n) is 4.92. The molecule has 2 nitrogen and oxygen atoms in total. The number of nitrogens with two attached hydrogens (primary N) is 1. The molecule has 0 radical (unpaired) electrons. The molecule has 1 heterocycles. The summed E-state index contributed by atoms with van der Waals surface area (Å²) in [5.41, 5.74) is 6.87. The van der Waals surface area contributed by atoms with Crippen LogP contribution in [-0.4, -0.2) is 12.1 Å². The van der Waals surface area contributed by atoms with Gasteiger partial charge in [0.05, 0.1) is 0 Å². The van der Waals surface area contributed by atoms with Crippen molar-refractivity contribution < 1.29 is 4.39 Å². The molecule has 1 aromatic carbocycles. The van der Waals surface area contributed by atoms with Crippen LogP contribution in [0.2, 0.25) is 0 Å². The van der Waals surface area contributed by atoms with Gasteiger partial charge in [0, 0.05) is 17.8 Å². The zero-order chi connectivity index (χ0) is 13.7. The first kappa shape index (κ1) is 15.0. The molecule has 0 spiro atoms. The van der Waals surface area contributed by atoms with Gasteiger partial charge in [0.25, 0.3) is 0 Å². The monoisotopic (exact) mass is 252 g/mol. The zero-order valence-corrected chi connectivity index (χ0v) is 11.8. The van der Waals surface area contributed by atoms with Crippen molar-refractivity contribution in [1.82, 2.24) is 5.32 Å². The van der Waals surface area contributed by atoms with Gasteiger partial charge < -0.3 is 11.1 Å². The minimum atomic E-state index is -0.161. The van der Waals surface area contributed by atoms with Crippen molar-refractivity contribution in [2.75, 3.05) is 5.73 Å². The van der Waals surface area contributed by atoms with E-state index in [2.05, 4.69) is 19.2 Å². The van der Waals surface area contributed by atoms with Crippen molar-refractivity contribution in [2.24, 2.45) is 0 Å². The van der Waals surface area contributed by atoms with E-state index in [-0.39, 0.29) is 5.82 Å². The third-order valence-electron chi connectivity index (χ3n) is 3.31. The summed E-state index contributed by atoms with van der Waals surface area (Å²) in [6.07, 6.45) is 1.98. The lowest BCUT2D eigenvalue weighted by Gasteiger charge is -2.33. The van der Waals surface area contributed by atoms with Crippen LogP contribution in [0.15, 0.2) is 18.2 Å². The Labute approximate surface area is 110 Å². The molecule has 0 aliphatic carbocycles. The van der Waals surface area contributed by atoms with Gasteiger partial charge in [-0.15, -0.1) is 0 Å². The van der Waals surface area contributed by atoms with Crippen molar-refractivity contribution in [1.29, 1.82) is 0 Å². The number of nitrogens with one attached hydrogen (secondary N) is 1.